The van der Waals surface area contributed by atoms with Crippen molar-refractivity contribution in [1.29, 1.82) is 0 Å². The molecule has 45 valence electrons. The highest BCUT2D eigenvalue weighted by Gasteiger charge is 2.10. The van der Waals surface area contributed by atoms with Gasteiger partial charge in [-0.1, -0.05) is 19.9 Å². The van der Waals surface area contributed by atoms with Crippen LogP contribution in [0.3, 0.4) is 0 Å². The van der Waals surface area contributed by atoms with Crippen LogP contribution >= 0.6 is 0 Å². The van der Waals surface area contributed by atoms with Crippen molar-refractivity contribution >= 4 is 6.21 Å². The molecule has 0 atom stereocenters. The Kier molecular flexibility index (Phi) is 2.46. The van der Waals surface area contributed by atoms with Crippen LogP contribution in [0.4, 0.5) is 0 Å². The molecule has 8 heavy (non-hydrogen) atoms. The highest BCUT2D eigenvalue weighted by atomic mass is 14.4. The molecule has 0 rings (SSSR count). The minimum absolute atomic E-state index is 0.0955. The molecule has 0 bridgehead atoms. The van der Waals surface area contributed by atoms with Gasteiger partial charge in [0.05, 0.1) is 0 Å². The largest absolute Gasteiger partial charge is 0.163 e. The maximum Gasteiger partial charge on any atom is 0.0329 e. The quantitative estimate of drug-likeness (QED) is 0.387. The van der Waals surface area contributed by atoms with E-state index in [1.165, 1.54) is 6.21 Å². The van der Waals surface area contributed by atoms with E-state index in [1.54, 1.807) is 6.08 Å². The predicted octanol–water partition coefficient (Wildman–Crippen LogP) is 1.46. The Morgan fingerprint density at radius 3 is 2.25 bits per heavy atom. The summed E-state index contributed by atoms with van der Waals surface area (Å²) in [7, 11) is 0. The van der Waals surface area contributed by atoms with Gasteiger partial charge >= 0.3 is 0 Å². The third-order valence-electron chi connectivity index (χ3n) is 1.02. The first-order valence-corrected chi connectivity index (χ1v) is 2.72. The van der Waals surface area contributed by atoms with Gasteiger partial charge in [0.1, 0.15) is 0 Å². The predicted molar refractivity (Wildman–Crippen MR) is 36.8 cm³/mol. The zero-order valence-corrected chi connectivity index (χ0v) is 5.52. The monoisotopic (exact) mass is 110 g/mol. The van der Waals surface area contributed by atoms with Crippen LogP contribution in [0.25, 0.3) is 0 Å². The van der Waals surface area contributed by atoms with Gasteiger partial charge in [0.15, 0.2) is 0 Å². The van der Waals surface area contributed by atoms with Gasteiger partial charge in [-0.2, -0.15) is 5.41 Å². The Hall–Kier alpha value is -0.590. The van der Waals surface area contributed by atoms with Gasteiger partial charge in [0.25, 0.3) is 0 Å². The van der Waals surface area contributed by atoms with Crippen molar-refractivity contribution in [1.82, 2.24) is 5.41 Å². The smallest absolute Gasteiger partial charge is 0.0329 e. The van der Waals surface area contributed by atoms with E-state index >= 15 is 0 Å². The molecule has 1 heteroatoms. The summed E-state index contributed by atoms with van der Waals surface area (Å²) in [4.78, 5) is 0. The van der Waals surface area contributed by atoms with Gasteiger partial charge in [-0.25, -0.2) is 0 Å². The van der Waals surface area contributed by atoms with E-state index in [9.17, 15) is 0 Å². The maximum atomic E-state index is 8.55. The van der Waals surface area contributed by atoms with E-state index < -0.39 is 0 Å². The zero-order chi connectivity index (χ0) is 6.62. The molecule has 1 radical (unpaired) electrons. The van der Waals surface area contributed by atoms with Crippen molar-refractivity contribution in [3.8, 4) is 0 Å². The lowest BCUT2D eigenvalue weighted by Gasteiger charge is -2.13. The van der Waals surface area contributed by atoms with Crippen LogP contribution in [0.2, 0.25) is 0 Å². The first-order valence-electron chi connectivity index (χ1n) is 2.72. The van der Waals surface area contributed by atoms with Crippen LogP contribution in [0.5, 0.6) is 0 Å². The molecular formula is C7H12N. The highest BCUT2D eigenvalue weighted by molar-refractivity contribution is 5.62. The fourth-order valence-corrected chi connectivity index (χ4v) is 0.425. The van der Waals surface area contributed by atoms with Crippen LogP contribution in [0.1, 0.15) is 20.3 Å². The molecule has 0 aliphatic rings. The number of allylic oxidation sites excluding steroid dienone is 1. The van der Waals surface area contributed by atoms with Crippen LogP contribution < -0.4 is 5.41 Å². The zero-order valence-electron chi connectivity index (χ0n) is 5.52. The second kappa shape index (κ2) is 2.65. The van der Waals surface area contributed by atoms with Crippen LogP contribution in [0, 0.1) is 5.41 Å². The lowest BCUT2D eigenvalue weighted by molar-refractivity contribution is 0.547. The van der Waals surface area contributed by atoms with Crippen molar-refractivity contribution in [3.63, 3.8) is 0 Å². The first kappa shape index (κ1) is 7.41. The maximum absolute atomic E-state index is 8.55. The van der Waals surface area contributed by atoms with Gasteiger partial charge in [0.2, 0.25) is 0 Å². The highest BCUT2D eigenvalue weighted by Crippen LogP contribution is 2.15. The number of hydrogen-bond acceptors (Lipinski definition) is 0. The summed E-state index contributed by atoms with van der Waals surface area (Å²) in [6, 6.07) is 0. The Labute approximate surface area is 50.9 Å². The molecule has 0 heterocycles. The van der Waals surface area contributed by atoms with Crippen molar-refractivity contribution in [2.45, 2.75) is 20.3 Å². The Balaban J connectivity index is 3.70. The number of rotatable bonds is 3. The van der Waals surface area contributed by atoms with Crippen molar-refractivity contribution in [3.05, 3.63) is 12.7 Å². The summed E-state index contributed by atoms with van der Waals surface area (Å²) >= 11 is 0. The summed E-state index contributed by atoms with van der Waals surface area (Å²) in [5, 5.41) is 8.55. The van der Waals surface area contributed by atoms with E-state index in [1.807, 2.05) is 13.8 Å². The third-order valence-corrected chi connectivity index (χ3v) is 1.02. The molecule has 0 saturated carbocycles. The Morgan fingerprint density at radius 1 is 1.62 bits per heavy atom. The fourth-order valence-electron chi connectivity index (χ4n) is 0.425. The van der Waals surface area contributed by atoms with E-state index in [0.29, 0.717) is 0 Å². The molecule has 0 aromatic carbocycles. The summed E-state index contributed by atoms with van der Waals surface area (Å²) < 4.78 is 0. The normalized spacial score (nSPS) is 10.8. The van der Waals surface area contributed by atoms with E-state index in [0.717, 1.165) is 6.42 Å². The van der Waals surface area contributed by atoms with Gasteiger partial charge in [-0.15, -0.1) is 6.58 Å². The molecular weight excluding hydrogens is 98.1 g/mol. The van der Waals surface area contributed by atoms with Crippen molar-refractivity contribution in [2.24, 2.45) is 5.41 Å². The molecule has 1 nitrogen and oxygen atoms in total. The van der Waals surface area contributed by atoms with Crippen LogP contribution in [-0.2, 0) is 0 Å². The van der Waals surface area contributed by atoms with Crippen LogP contribution in [-0.4, -0.2) is 6.21 Å². The summed E-state index contributed by atoms with van der Waals surface area (Å²) in [6.07, 6.45) is 3.82. The summed E-state index contributed by atoms with van der Waals surface area (Å²) in [6.45, 7) is 7.47. The minimum atomic E-state index is -0.0955. The second-order valence-corrected chi connectivity index (χ2v) is 2.61. The Bertz CT molecular complexity index is 92.6. The lowest BCUT2D eigenvalue weighted by Crippen LogP contribution is -2.11. The van der Waals surface area contributed by atoms with Gasteiger partial charge in [0, 0.05) is 11.6 Å². The second-order valence-electron chi connectivity index (χ2n) is 2.61. The lowest BCUT2D eigenvalue weighted by atomic mass is 9.91. The SMILES string of the molecule is C=CCC(C)(C)C=[N]. The topological polar surface area (TPSA) is 22.3 Å². The average molecular weight is 110 g/mol. The van der Waals surface area contributed by atoms with Crippen molar-refractivity contribution < 1.29 is 0 Å². The van der Waals surface area contributed by atoms with Crippen molar-refractivity contribution in [2.75, 3.05) is 0 Å². The fraction of sp³-hybridized carbons (Fsp3) is 0.571. The van der Waals surface area contributed by atoms with E-state index in [2.05, 4.69) is 6.58 Å². The molecule has 0 unspecified atom stereocenters. The molecule has 0 spiro atoms. The molecule has 0 aromatic rings. The van der Waals surface area contributed by atoms with Gasteiger partial charge in [-0.3, -0.25) is 0 Å². The van der Waals surface area contributed by atoms with E-state index in [-0.39, 0.29) is 5.41 Å². The van der Waals surface area contributed by atoms with Gasteiger partial charge in [-0.05, 0) is 6.42 Å². The van der Waals surface area contributed by atoms with Gasteiger partial charge < -0.3 is 0 Å². The molecule has 0 saturated heterocycles. The minimum Gasteiger partial charge on any atom is -0.163 e. The molecule has 0 aromatic heterocycles. The van der Waals surface area contributed by atoms with E-state index in [4.69, 9.17) is 5.41 Å². The Morgan fingerprint density at radius 2 is 2.12 bits per heavy atom. The third kappa shape index (κ3) is 2.56. The average Bonchev–Trinajstić information content (AvgIpc) is 1.67. The summed E-state index contributed by atoms with van der Waals surface area (Å²) in [5.74, 6) is 0. The van der Waals surface area contributed by atoms with Crippen LogP contribution in [0.15, 0.2) is 12.7 Å². The standard InChI is InChI=1S/C7H12N/c1-4-5-7(2,3)6-8/h4,6H,1,5H2,2-3H3. The number of nitrogens with zero attached hydrogens (tertiary/aromatic N) is 1. The molecule has 0 fully saturated rings. The summed E-state index contributed by atoms with van der Waals surface area (Å²) in [5.41, 5.74) is -0.0955. The first-order chi connectivity index (χ1) is 3.62. The molecule has 0 aliphatic heterocycles. The number of hydrogen-bond donors (Lipinski definition) is 0. The molecule has 0 amide bonds. The molecule has 0 N–H and O–H groups in total. The molecule has 0 aliphatic carbocycles.